The van der Waals surface area contributed by atoms with Gasteiger partial charge in [0, 0.05) is 25.8 Å². The first-order chi connectivity index (χ1) is 11.5. The van der Waals surface area contributed by atoms with E-state index in [2.05, 4.69) is 28.3 Å². The molecule has 1 aromatic carbocycles. The SMILES string of the molecule is Cc1cc(C(=O)N2CCc3ccccc3C2)c2c(C)nn(C)c2n1. The number of hydrogen-bond acceptors (Lipinski definition) is 3. The van der Waals surface area contributed by atoms with Crippen molar-refractivity contribution in [3.05, 3.63) is 58.4 Å². The summed E-state index contributed by atoms with van der Waals surface area (Å²) in [4.78, 5) is 19.7. The van der Waals surface area contributed by atoms with E-state index in [1.807, 2.05) is 37.9 Å². The third kappa shape index (κ3) is 2.28. The minimum atomic E-state index is 0.0658. The van der Waals surface area contributed by atoms with E-state index in [4.69, 9.17) is 0 Å². The van der Waals surface area contributed by atoms with Gasteiger partial charge in [-0.3, -0.25) is 9.48 Å². The van der Waals surface area contributed by atoms with Gasteiger partial charge in [-0.25, -0.2) is 4.98 Å². The summed E-state index contributed by atoms with van der Waals surface area (Å²) >= 11 is 0. The highest BCUT2D eigenvalue weighted by atomic mass is 16.2. The van der Waals surface area contributed by atoms with Gasteiger partial charge >= 0.3 is 0 Å². The van der Waals surface area contributed by atoms with Crippen LogP contribution in [0.5, 0.6) is 0 Å². The molecule has 0 N–H and O–H groups in total. The monoisotopic (exact) mass is 320 g/mol. The average Bonchev–Trinajstić information content (AvgIpc) is 2.87. The minimum Gasteiger partial charge on any atom is -0.334 e. The fourth-order valence-corrected chi connectivity index (χ4v) is 3.58. The number of pyridine rings is 1. The molecule has 0 aliphatic carbocycles. The molecule has 0 atom stereocenters. The highest BCUT2D eigenvalue weighted by Gasteiger charge is 2.25. The number of carbonyl (C=O) groups excluding carboxylic acids is 1. The zero-order valence-electron chi connectivity index (χ0n) is 14.2. The van der Waals surface area contributed by atoms with Crippen LogP contribution in [0.2, 0.25) is 0 Å². The van der Waals surface area contributed by atoms with Crippen LogP contribution in [0, 0.1) is 13.8 Å². The van der Waals surface area contributed by atoms with Crippen molar-refractivity contribution >= 4 is 16.9 Å². The molecule has 4 rings (SSSR count). The molecule has 3 heterocycles. The number of rotatable bonds is 1. The van der Waals surface area contributed by atoms with Gasteiger partial charge in [-0.15, -0.1) is 0 Å². The van der Waals surface area contributed by atoms with Crippen molar-refractivity contribution in [2.24, 2.45) is 7.05 Å². The maximum absolute atomic E-state index is 13.2. The molecule has 0 unspecified atom stereocenters. The van der Waals surface area contributed by atoms with Gasteiger partial charge < -0.3 is 4.90 Å². The smallest absolute Gasteiger partial charge is 0.255 e. The number of fused-ring (bicyclic) bond motifs is 2. The van der Waals surface area contributed by atoms with E-state index in [1.54, 1.807) is 4.68 Å². The van der Waals surface area contributed by atoms with Crippen LogP contribution in [0.25, 0.3) is 11.0 Å². The Bertz CT molecular complexity index is 957. The first-order valence-corrected chi connectivity index (χ1v) is 8.21. The summed E-state index contributed by atoms with van der Waals surface area (Å²) in [5, 5.41) is 5.31. The molecule has 0 radical (unpaired) electrons. The van der Waals surface area contributed by atoms with Crippen LogP contribution in [0.1, 0.15) is 32.9 Å². The number of nitrogens with zero attached hydrogens (tertiary/aromatic N) is 4. The summed E-state index contributed by atoms with van der Waals surface area (Å²) in [5.41, 5.74) is 5.75. The van der Waals surface area contributed by atoms with Crippen molar-refractivity contribution in [1.29, 1.82) is 0 Å². The number of benzene rings is 1. The molecule has 5 nitrogen and oxygen atoms in total. The Kier molecular flexibility index (Phi) is 3.37. The summed E-state index contributed by atoms with van der Waals surface area (Å²) in [5.74, 6) is 0.0658. The van der Waals surface area contributed by atoms with Crippen LogP contribution in [0.15, 0.2) is 30.3 Å². The second-order valence-electron chi connectivity index (χ2n) is 6.46. The molecule has 122 valence electrons. The third-order valence-corrected chi connectivity index (χ3v) is 4.75. The lowest BCUT2D eigenvalue weighted by molar-refractivity contribution is 0.0736. The van der Waals surface area contributed by atoms with Gasteiger partial charge in [-0.1, -0.05) is 24.3 Å². The number of aromatic nitrogens is 3. The summed E-state index contributed by atoms with van der Waals surface area (Å²) in [6.45, 7) is 5.26. The zero-order valence-corrected chi connectivity index (χ0v) is 14.2. The van der Waals surface area contributed by atoms with Crippen LogP contribution < -0.4 is 0 Å². The maximum atomic E-state index is 13.2. The van der Waals surface area contributed by atoms with Crippen LogP contribution in [-0.2, 0) is 20.0 Å². The van der Waals surface area contributed by atoms with E-state index in [-0.39, 0.29) is 5.91 Å². The Balaban J connectivity index is 1.77. The summed E-state index contributed by atoms with van der Waals surface area (Å²) in [6, 6.07) is 10.2. The van der Waals surface area contributed by atoms with Gasteiger partial charge in [0.1, 0.15) is 0 Å². The Morgan fingerprint density at radius 3 is 2.71 bits per heavy atom. The van der Waals surface area contributed by atoms with Gasteiger partial charge in [-0.2, -0.15) is 5.10 Å². The highest BCUT2D eigenvalue weighted by molar-refractivity contribution is 6.06. The second kappa shape index (κ2) is 5.44. The van der Waals surface area contributed by atoms with Gasteiger partial charge in [0.2, 0.25) is 0 Å². The van der Waals surface area contributed by atoms with Crippen LogP contribution in [0.4, 0.5) is 0 Å². The summed E-state index contributed by atoms with van der Waals surface area (Å²) in [7, 11) is 1.87. The fourth-order valence-electron chi connectivity index (χ4n) is 3.58. The second-order valence-corrected chi connectivity index (χ2v) is 6.46. The lowest BCUT2D eigenvalue weighted by atomic mass is 9.99. The topological polar surface area (TPSA) is 51.0 Å². The van der Waals surface area contributed by atoms with E-state index in [9.17, 15) is 4.79 Å². The van der Waals surface area contributed by atoms with E-state index in [1.165, 1.54) is 11.1 Å². The molecule has 24 heavy (non-hydrogen) atoms. The Hall–Kier alpha value is -2.69. The van der Waals surface area contributed by atoms with Crippen molar-refractivity contribution in [3.8, 4) is 0 Å². The van der Waals surface area contributed by atoms with Crippen LogP contribution >= 0.6 is 0 Å². The number of amides is 1. The average molecular weight is 320 g/mol. The first-order valence-electron chi connectivity index (χ1n) is 8.21. The molecule has 3 aromatic rings. The predicted octanol–water partition coefficient (Wildman–Crippen LogP) is 2.78. The Morgan fingerprint density at radius 2 is 1.92 bits per heavy atom. The molecular formula is C19H20N4O. The molecule has 0 saturated carbocycles. The molecular weight excluding hydrogens is 300 g/mol. The molecule has 1 amide bonds. The maximum Gasteiger partial charge on any atom is 0.255 e. The molecule has 5 heteroatoms. The molecule has 0 fully saturated rings. The minimum absolute atomic E-state index is 0.0658. The van der Waals surface area contributed by atoms with Crippen molar-refractivity contribution in [3.63, 3.8) is 0 Å². The van der Waals surface area contributed by atoms with Gasteiger partial charge in [0.25, 0.3) is 5.91 Å². The number of aryl methyl sites for hydroxylation is 3. The molecule has 0 bridgehead atoms. The Labute approximate surface area is 140 Å². The number of hydrogen-bond donors (Lipinski definition) is 0. The molecule has 1 aliphatic rings. The molecule has 0 spiro atoms. The lowest BCUT2D eigenvalue weighted by Crippen LogP contribution is -2.36. The molecule has 1 aliphatic heterocycles. The van der Waals surface area contributed by atoms with Gasteiger partial charge in [0.15, 0.2) is 5.65 Å². The van der Waals surface area contributed by atoms with Crippen molar-refractivity contribution in [2.45, 2.75) is 26.8 Å². The first kappa shape index (κ1) is 14.9. The summed E-state index contributed by atoms with van der Waals surface area (Å²) in [6.07, 6.45) is 0.904. The van der Waals surface area contributed by atoms with E-state index < -0.39 is 0 Å². The van der Waals surface area contributed by atoms with Gasteiger partial charge in [-0.05, 0) is 37.5 Å². The van der Waals surface area contributed by atoms with Crippen LogP contribution in [0.3, 0.4) is 0 Å². The van der Waals surface area contributed by atoms with E-state index in [0.29, 0.717) is 12.1 Å². The van der Waals surface area contributed by atoms with Crippen molar-refractivity contribution < 1.29 is 4.79 Å². The van der Waals surface area contributed by atoms with Crippen LogP contribution in [-0.4, -0.2) is 32.1 Å². The number of carbonyl (C=O) groups is 1. The molecule has 0 saturated heterocycles. The summed E-state index contributed by atoms with van der Waals surface area (Å²) < 4.78 is 1.75. The lowest BCUT2D eigenvalue weighted by Gasteiger charge is -2.29. The normalized spacial score (nSPS) is 14.0. The standard InChI is InChI=1S/C19H20N4O/c1-12-10-16(17-13(2)21-22(3)18(17)20-12)19(24)23-9-8-14-6-4-5-7-15(14)11-23/h4-7,10H,8-9,11H2,1-3H3. The zero-order chi connectivity index (χ0) is 16.8. The van der Waals surface area contributed by atoms with E-state index >= 15 is 0 Å². The predicted molar refractivity (Wildman–Crippen MR) is 92.9 cm³/mol. The highest BCUT2D eigenvalue weighted by Crippen LogP contribution is 2.26. The van der Waals surface area contributed by atoms with Gasteiger partial charge in [0.05, 0.1) is 16.6 Å². The van der Waals surface area contributed by atoms with Crippen molar-refractivity contribution in [2.75, 3.05) is 6.54 Å². The quantitative estimate of drug-likeness (QED) is 0.693. The largest absolute Gasteiger partial charge is 0.334 e. The fraction of sp³-hybridized carbons (Fsp3) is 0.316. The van der Waals surface area contributed by atoms with Crippen molar-refractivity contribution in [1.82, 2.24) is 19.7 Å². The van der Waals surface area contributed by atoms with E-state index in [0.717, 1.165) is 35.4 Å². The molecule has 2 aromatic heterocycles. The third-order valence-electron chi connectivity index (χ3n) is 4.75. The Morgan fingerprint density at radius 1 is 1.17 bits per heavy atom.